The first-order valence-corrected chi connectivity index (χ1v) is 10.3. The number of aryl methyl sites for hydroxylation is 1. The molecule has 0 saturated carbocycles. The number of hydrogen-bond acceptors (Lipinski definition) is 2. The smallest absolute Gasteiger partial charge is 0.268 e. The van der Waals surface area contributed by atoms with Crippen molar-refractivity contribution in [1.29, 1.82) is 0 Å². The Labute approximate surface area is 176 Å². The number of hydrogen-bond donors (Lipinski definition) is 1. The average molecular weight is 399 g/mol. The summed E-state index contributed by atoms with van der Waals surface area (Å²) < 4.78 is 7.79. The highest BCUT2D eigenvalue weighted by molar-refractivity contribution is 5.98. The van der Waals surface area contributed by atoms with Gasteiger partial charge in [-0.05, 0) is 31.4 Å². The van der Waals surface area contributed by atoms with E-state index in [1.165, 1.54) is 5.56 Å². The molecule has 4 nitrogen and oxygen atoms in total. The molecule has 0 saturated heterocycles. The van der Waals surface area contributed by atoms with Crippen LogP contribution in [0.5, 0.6) is 0 Å². The van der Waals surface area contributed by atoms with Crippen molar-refractivity contribution in [3.05, 3.63) is 108 Å². The Morgan fingerprint density at radius 2 is 1.77 bits per heavy atom. The summed E-state index contributed by atoms with van der Waals surface area (Å²) in [5, 5.41) is 3.25. The first-order chi connectivity index (χ1) is 14.7. The van der Waals surface area contributed by atoms with Crippen molar-refractivity contribution >= 4 is 17.0 Å². The van der Waals surface area contributed by atoms with Gasteiger partial charge in [0, 0.05) is 18.7 Å². The van der Waals surface area contributed by atoms with Gasteiger partial charge in [-0.1, -0.05) is 72.8 Å². The standard InChI is InChI=1S/C26H26N2O2/c1-3-4-15-28-23-16-19(2)30-25(23)18-24(28)26(29)27-22(21-13-9-6-10-14-21)17-20-11-7-5-8-12-20/h3-14,16,18,22H,15,17H2,1-2H3,(H,27,29). The lowest BCUT2D eigenvalue weighted by Gasteiger charge is -2.20. The van der Waals surface area contributed by atoms with Crippen molar-refractivity contribution in [2.24, 2.45) is 0 Å². The van der Waals surface area contributed by atoms with Crippen molar-refractivity contribution in [2.45, 2.75) is 32.9 Å². The van der Waals surface area contributed by atoms with Crippen LogP contribution in [0.3, 0.4) is 0 Å². The normalized spacial score (nSPS) is 12.5. The van der Waals surface area contributed by atoms with Gasteiger partial charge in [-0.3, -0.25) is 4.79 Å². The first-order valence-electron chi connectivity index (χ1n) is 10.3. The maximum absolute atomic E-state index is 13.4. The van der Waals surface area contributed by atoms with E-state index in [1.54, 1.807) is 0 Å². The van der Waals surface area contributed by atoms with Crippen LogP contribution < -0.4 is 5.32 Å². The minimum Gasteiger partial charge on any atom is -0.460 e. The number of allylic oxidation sites excluding steroid dienone is 2. The Hall–Kier alpha value is -3.53. The highest BCUT2D eigenvalue weighted by Crippen LogP contribution is 2.25. The van der Waals surface area contributed by atoms with Gasteiger partial charge in [-0.2, -0.15) is 0 Å². The van der Waals surface area contributed by atoms with E-state index in [4.69, 9.17) is 4.42 Å². The van der Waals surface area contributed by atoms with Crippen molar-refractivity contribution < 1.29 is 9.21 Å². The van der Waals surface area contributed by atoms with E-state index < -0.39 is 0 Å². The van der Waals surface area contributed by atoms with Crippen LogP contribution in [0.2, 0.25) is 0 Å². The Morgan fingerprint density at radius 3 is 2.47 bits per heavy atom. The molecule has 4 rings (SSSR count). The summed E-state index contributed by atoms with van der Waals surface area (Å²) in [6, 6.07) is 24.0. The van der Waals surface area contributed by atoms with Crippen LogP contribution in [0.1, 0.15) is 40.3 Å². The molecular weight excluding hydrogens is 372 g/mol. The van der Waals surface area contributed by atoms with Crippen LogP contribution in [-0.2, 0) is 13.0 Å². The first kappa shape index (κ1) is 19.8. The fourth-order valence-corrected chi connectivity index (χ4v) is 3.78. The van der Waals surface area contributed by atoms with E-state index in [2.05, 4.69) is 29.6 Å². The summed E-state index contributed by atoms with van der Waals surface area (Å²) in [7, 11) is 0. The molecule has 0 radical (unpaired) electrons. The Kier molecular flexibility index (Phi) is 5.84. The molecule has 152 valence electrons. The molecule has 0 aliphatic heterocycles. The molecule has 4 aromatic rings. The number of carbonyl (C=O) groups is 1. The number of fused-ring (bicyclic) bond motifs is 1. The maximum atomic E-state index is 13.4. The predicted octanol–water partition coefficient (Wildman–Crippen LogP) is 5.83. The van der Waals surface area contributed by atoms with Crippen molar-refractivity contribution in [3.63, 3.8) is 0 Å². The fraction of sp³-hybridized carbons (Fsp3) is 0.192. The molecule has 0 aliphatic carbocycles. The minimum atomic E-state index is -0.126. The third-order valence-corrected chi connectivity index (χ3v) is 5.26. The SMILES string of the molecule is CC=CCn1c(C(=O)NC(Cc2ccccc2)c2ccccc2)cc2oc(C)cc21. The topological polar surface area (TPSA) is 47.2 Å². The van der Waals surface area contributed by atoms with Gasteiger partial charge in [0.25, 0.3) is 5.91 Å². The molecule has 2 aromatic heterocycles. The Morgan fingerprint density at radius 1 is 1.07 bits per heavy atom. The van der Waals surface area contributed by atoms with Gasteiger partial charge in [0.05, 0.1) is 11.6 Å². The summed E-state index contributed by atoms with van der Waals surface area (Å²) in [5.41, 5.74) is 4.55. The lowest BCUT2D eigenvalue weighted by molar-refractivity contribution is 0.0928. The van der Waals surface area contributed by atoms with Crippen LogP contribution >= 0.6 is 0 Å². The zero-order valence-electron chi connectivity index (χ0n) is 17.3. The molecule has 1 N–H and O–H groups in total. The van der Waals surface area contributed by atoms with E-state index in [-0.39, 0.29) is 11.9 Å². The highest BCUT2D eigenvalue weighted by Gasteiger charge is 2.21. The molecule has 0 aliphatic rings. The summed E-state index contributed by atoms with van der Waals surface area (Å²) in [6.07, 6.45) is 4.75. The van der Waals surface area contributed by atoms with E-state index in [0.29, 0.717) is 12.2 Å². The second-order valence-electron chi connectivity index (χ2n) is 7.44. The number of carbonyl (C=O) groups excluding carboxylic acids is 1. The second-order valence-corrected chi connectivity index (χ2v) is 7.44. The van der Waals surface area contributed by atoms with Crippen molar-refractivity contribution in [2.75, 3.05) is 0 Å². The molecule has 1 unspecified atom stereocenters. The van der Waals surface area contributed by atoms with Crippen molar-refractivity contribution in [3.8, 4) is 0 Å². The quantitative estimate of drug-likeness (QED) is 0.398. The Bertz CT molecular complexity index is 1150. The number of rotatable bonds is 7. The van der Waals surface area contributed by atoms with Crippen LogP contribution in [0.4, 0.5) is 0 Å². The van der Waals surface area contributed by atoms with Gasteiger partial charge in [0.15, 0.2) is 5.58 Å². The van der Waals surface area contributed by atoms with Gasteiger partial charge in [-0.15, -0.1) is 0 Å². The zero-order chi connectivity index (χ0) is 20.9. The molecule has 2 heterocycles. The van der Waals surface area contributed by atoms with E-state index in [1.807, 2.05) is 79.1 Å². The summed E-state index contributed by atoms with van der Waals surface area (Å²) >= 11 is 0. The molecule has 0 spiro atoms. The maximum Gasteiger partial charge on any atom is 0.268 e. The van der Waals surface area contributed by atoms with Crippen LogP contribution in [0, 0.1) is 6.92 Å². The monoisotopic (exact) mass is 398 g/mol. The zero-order valence-corrected chi connectivity index (χ0v) is 17.3. The lowest BCUT2D eigenvalue weighted by Crippen LogP contribution is -2.31. The second kappa shape index (κ2) is 8.87. The molecule has 0 bridgehead atoms. The lowest BCUT2D eigenvalue weighted by atomic mass is 9.98. The molecule has 1 amide bonds. The summed E-state index contributed by atoms with van der Waals surface area (Å²) in [5.74, 6) is 0.737. The summed E-state index contributed by atoms with van der Waals surface area (Å²) in [4.78, 5) is 13.4. The molecule has 2 aromatic carbocycles. The van der Waals surface area contributed by atoms with E-state index in [9.17, 15) is 4.79 Å². The largest absolute Gasteiger partial charge is 0.460 e. The fourth-order valence-electron chi connectivity index (χ4n) is 3.78. The summed E-state index contributed by atoms with van der Waals surface area (Å²) in [6.45, 7) is 4.52. The van der Waals surface area contributed by atoms with Gasteiger partial charge >= 0.3 is 0 Å². The number of amides is 1. The van der Waals surface area contributed by atoms with Gasteiger partial charge in [-0.25, -0.2) is 0 Å². The number of nitrogens with one attached hydrogen (secondary N) is 1. The van der Waals surface area contributed by atoms with Gasteiger partial charge in [0.1, 0.15) is 11.5 Å². The Balaban J connectivity index is 1.66. The van der Waals surface area contributed by atoms with Crippen molar-refractivity contribution in [1.82, 2.24) is 9.88 Å². The predicted molar refractivity (Wildman–Crippen MR) is 121 cm³/mol. The van der Waals surface area contributed by atoms with E-state index in [0.717, 1.165) is 28.8 Å². The highest BCUT2D eigenvalue weighted by atomic mass is 16.3. The third-order valence-electron chi connectivity index (χ3n) is 5.26. The van der Waals surface area contributed by atoms with Crippen LogP contribution in [0.25, 0.3) is 11.1 Å². The van der Waals surface area contributed by atoms with Gasteiger partial charge < -0.3 is 14.3 Å². The molecule has 4 heteroatoms. The molecule has 30 heavy (non-hydrogen) atoms. The van der Waals surface area contributed by atoms with Crippen LogP contribution in [0.15, 0.2) is 89.4 Å². The van der Waals surface area contributed by atoms with Crippen LogP contribution in [-0.4, -0.2) is 10.5 Å². The average Bonchev–Trinajstić information content (AvgIpc) is 3.29. The number of furan rings is 1. The molecular formula is C26H26N2O2. The number of benzene rings is 2. The van der Waals surface area contributed by atoms with E-state index >= 15 is 0 Å². The molecule has 1 atom stereocenters. The third kappa shape index (κ3) is 4.23. The van der Waals surface area contributed by atoms with Gasteiger partial charge in [0.2, 0.25) is 0 Å². The number of nitrogens with zero attached hydrogens (tertiary/aromatic N) is 1. The number of aromatic nitrogens is 1. The minimum absolute atomic E-state index is 0.103. The molecule has 0 fully saturated rings.